The molecule has 1 aliphatic heterocycles. The van der Waals surface area contributed by atoms with Crippen LogP contribution in [0.5, 0.6) is 0 Å². The van der Waals surface area contributed by atoms with Crippen molar-refractivity contribution in [1.82, 2.24) is 20.4 Å². The van der Waals surface area contributed by atoms with Crippen LogP contribution < -0.4 is 5.32 Å². The smallest absolute Gasteiger partial charge is 0.128 e. The van der Waals surface area contributed by atoms with Gasteiger partial charge in [0.25, 0.3) is 0 Å². The molecule has 29 heavy (non-hydrogen) atoms. The number of nitrogens with one attached hydrogen (secondary N) is 2. The molecule has 0 amide bonds. The van der Waals surface area contributed by atoms with E-state index in [0.29, 0.717) is 0 Å². The Labute approximate surface area is 173 Å². The average molecular weight is 407 g/mol. The first-order chi connectivity index (χ1) is 14.2. The summed E-state index contributed by atoms with van der Waals surface area (Å²) in [6.07, 6.45) is 1.82. The van der Waals surface area contributed by atoms with Crippen molar-refractivity contribution in [2.75, 3.05) is 26.2 Å². The summed E-state index contributed by atoms with van der Waals surface area (Å²) in [5, 5.41) is 13.7. The van der Waals surface area contributed by atoms with Gasteiger partial charge in [-0.15, -0.1) is 11.3 Å². The molecule has 1 atom stereocenters. The minimum absolute atomic E-state index is 0.0617. The largest absolute Gasteiger partial charge is 0.314 e. The van der Waals surface area contributed by atoms with Crippen LogP contribution in [0.15, 0.2) is 54.0 Å². The number of halogens is 1. The maximum absolute atomic E-state index is 15.1. The summed E-state index contributed by atoms with van der Waals surface area (Å²) in [5.74, 6) is -0.146. The highest BCUT2D eigenvalue weighted by molar-refractivity contribution is 7.10. The first-order valence-electron chi connectivity index (χ1n) is 9.92. The summed E-state index contributed by atoms with van der Waals surface area (Å²) >= 11 is 1.72. The highest BCUT2D eigenvalue weighted by Gasteiger charge is 2.27. The van der Waals surface area contributed by atoms with E-state index in [1.54, 1.807) is 17.4 Å². The standard InChI is InChI=1S/C23H23FN4S/c1-15-10-22(29-14-15)23(28-8-6-25-7-9-28)19-12-17(2-4-20(19)24)16-3-5-21-18(11-16)13-26-27-21/h2-5,10-14,23,25H,6-9H2,1H3,(H,26,27). The molecule has 148 valence electrons. The molecule has 4 nitrogen and oxygen atoms in total. The van der Waals surface area contributed by atoms with Crippen LogP contribution in [0.25, 0.3) is 22.0 Å². The van der Waals surface area contributed by atoms with Crippen molar-refractivity contribution in [3.8, 4) is 11.1 Å². The molecule has 0 bridgehead atoms. The number of nitrogens with zero attached hydrogens (tertiary/aromatic N) is 2. The molecule has 2 N–H and O–H groups in total. The molecular formula is C23H23FN4S. The lowest BCUT2D eigenvalue weighted by molar-refractivity contribution is 0.197. The highest BCUT2D eigenvalue weighted by Crippen LogP contribution is 2.36. The lowest BCUT2D eigenvalue weighted by Gasteiger charge is -2.35. The molecule has 1 fully saturated rings. The van der Waals surface area contributed by atoms with Crippen LogP contribution in [-0.4, -0.2) is 41.3 Å². The number of aromatic nitrogens is 2. The lowest BCUT2D eigenvalue weighted by atomic mass is 9.96. The van der Waals surface area contributed by atoms with Crippen LogP contribution in [0.4, 0.5) is 4.39 Å². The SMILES string of the molecule is Cc1csc(C(c2cc(-c3ccc4[nH]ncc4c3)ccc2F)N2CCNCC2)c1. The van der Waals surface area contributed by atoms with Gasteiger partial charge in [-0.1, -0.05) is 12.1 Å². The van der Waals surface area contributed by atoms with Gasteiger partial charge in [0.15, 0.2) is 0 Å². The predicted molar refractivity (Wildman–Crippen MR) is 117 cm³/mol. The second kappa shape index (κ2) is 7.71. The molecule has 2 aromatic carbocycles. The fourth-order valence-electron chi connectivity index (χ4n) is 4.12. The molecule has 0 radical (unpaired) electrons. The Morgan fingerprint density at radius 1 is 1.07 bits per heavy atom. The molecular weight excluding hydrogens is 383 g/mol. The molecule has 1 aliphatic rings. The molecule has 3 heterocycles. The fourth-order valence-corrected chi connectivity index (χ4v) is 5.17. The number of piperazine rings is 1. The summed E-state index contributed by atoms with van der Waals surface area (Å²) in [4.78, 5) is 3.59. The third-order valence-electron chi connectivity index (χ3n) is 5.60. The summed E-state index contributed by atoms with van der Waals surface area (Å²) < 4.78 is 15.1. The molecule has 6 heteroatoms. The number of hydrogen-bond acceptors (Lipinski definition) is 4. The Balaban J connectivity index is 1.60. The van der Waals surface area contributed by atoms with E-state index in [2.05, 4.69) is 50.9 Å². The van der Waals surface area contributed by atoms with E-state index in [-0.39, 0.29) is 11.9 Å². The second-order valence-electron chi connectivity index (χ2n) is 7.62. The van der Waals surface area contributed by atoms with Gasteiger partial charge in [0.1, 0.15) is 5.82 Å². The Bertz CT molecular complexity index is 1140. The number of hydrogen-bond donors (Lipinski definition) is 2. The zero-order chi connectivity index (χ0) is 19.8. The van der Waals surface area contributed by atoms with E-state index in [1.165, 1.54) is 10.4 Å². The first kappa shape index (κ1) is 18.5. The van der Waals surface area contributed by atoms with Gasteiger partial charge in [0, 0.05) is 42.0 Å². The van der Waals surface area contributed by atoms with Gasteiger partial charge in [0.05, 0.1) is 17.8 Å². The second-order valence-corrected chi connectivity index (χ2v) is 8.57. The van der Waals surface area contributed by atoms with Crippen LogP contribution in [0.1, 0.15) is 22.0 Å². The summed E-state index contributed by atoms with van der Waals surface area (Å²) in [7, 11) is 0. The molecule has 0 saturated carbocycles. The normalized spacial score (nSPS) is 16.3. The van der Waals surface area contributed by atoms with Crippen molar-refractivity contribution < 1.29 is 4.39 Å². The predicted octanol–water partition coefficient (Wildman–Crippen LogP) is 4.73. The number of aromatic amines is 1. The molecule has 2 aromatic heterocycles. The van der Waals surface area contributed by atoms with Crippen LogP contribution in [0, 0.1) is 12.7 Å². The van der Waals surface area contributed by atoms with E-state index in [1.807, 2.05) is 24.4 Å². The Kier molecular flexibility index (Phi) is 4.91. The molecule has 4 aromatic rings. The molecule has 1 saturated heterocycles. The Morgan fingerprint density at radius 3 is 2.66 bits per heavy atom. The quantitative estimate of drug-likeness (QED) is 0.515. The van der Waals surface area contributed by atoms with E-state index < -0.39 is 0 Å². The number of H-pyrrole nitrogens is 1. The topological polar surface area (TPSA) is 44.0 Å². The maximum atomic E-state index is 15.1. The fraction of sp³-hybridized carbons (Fsp3) is 0.261. The van der Waals surface area contributed by atoms with Crippen molar-refractivity contribution >= 4 is 22.2 Å². The molecule has 0 aliphatic carbocycles. The maximum Gasteiger partial charge on any atom is 0.128 e. The van der Waals surface area contributed by atoms with Crippen molar-refractivity contribution in [1.29, 1.82) is 0 Å². The summed E-state index contributed by atoms with van der Waals surface area (Å²) in [5.41, 5.74) is 5.08. The van der Waals surface area contributed by atoms with E-state index in [0.717, 1.165) is 53.8 Å². The zero-order valence-electron chi connectivity index (χ0n) is 16.3. The van der Waals surface area contributed by atoms with Crippen LogP contribution in [0.3, 0.4) is 0 Å². The van der Waals surface area contributed by atoms with E-state index in [4.69, 9.17) is 0 Å². The van der Waals surface area contributed by atoms with Gasteiger partial charge in [-0.3, -0.25) is 10.00 Å². The number of fused-ring (bicyclic) bond motifs is 1. The Hall–Kier alpha value is -2.54. The molecule has 0 spiro atoms. The van der Waals surface area contributed by atoms with Crippen molar-refractivity contribution in [2.45, 2.75) is 13.0 Å². The van der Waals surface area contributed by atoms with Crippen molar-refractivity contribution in [3.63, 3.8) is 0 Å². The highest BCUT2D eigenvalue weighted by atomic mass is 32.1. The third kappa shape index (κ3) is 3.59. The van der Waals surface area contributed by atoms with Gasteiger partial charge in [0.2, 0.25) is 0 Å². The number of thiophene rings is 1. The van der Waals surface area contributed by atoms with Crippen molar-refractivity contribution in [2.24, 2.45) is 0 Å². The van der Waals surface area contributed by atoms with Gasteiger partial charge >= 0.3 is 0 Å². The van der Waals surface area contributed by atoms with E-state index in [9.17, 15) is 0 Å². The minimum atomic E-state index is -0.146. The number of benzene rings is 2. The van der Waals surface area contributed by atoms with Crippen LogP contribution in [-0.2, 0) is 0 Å². The van der Waals surface area contributed by atoms with Gasteiger partial charge in [-0.05, 0) is 59.3 Å². The molecule has 5 rings (SSSR count). The van der Waals surface area contributed by atoms with Crippen LogP contribution >= 0.6 is 11.3 Å². The van der Waals surface area contributed by atoms with Gasteiger partial charge in [-0.25, -0.2) is 4.39 Å². The average Bonchev–Trinajstić information content (AvgIpc) is 3.39. The summed E-state index contributed by atoms with van der Waals surface area (Å²) in [6, 6.07) is 13.8. The minimum Gasteiger partial charge on any atom is -0.314 e. The monoisotopic (exact) mass is 406 g/mol. The van der Waals surface area contributed by atoms with Crippen molar-refractivity contribution in [3.05, 3.63) is 75.9 Å². The van der Waals surface area contributed by atoms with Gasteiger partial charge < -0.3 is 5.32 Å². The Morgan fingerprint density at radius 2 is 1.86 bits per heavy atom. The lowest BCUT2D eigenvalue weighted by Crippen LogP contribution is -2.45. The number of rotatable bonds is 4. The third-order valence-corrected chi connectivity index (χ3v) is 6.70. The molecule has 1 unspecified atom stereocenters. The zero-order valence-corrected chi connectivity index (χ0v) is 17.1. The van der Waals surface area contributed by atoms with Crippen LogP contribution in [0.2, 0.25) is 0 Å². The summed E-state index contributed by atoms with van der Waals surface area (Å²) in [6.45, 7) is 5.78. The van der Waals surface area contributed by atoms with Gasteiger partial charge in [-0.2, -0.15) is 5.10 Å². The number of aryl methyl sites for hydroxylation is 1. The first-order valence-corrected chi connectivity index (χ1v) is 10.8. The van der Waals surface area contributed by atoms with E-state index >= 15 is 4.39 Å².